The van der Waals surface area contributed by atoms with E-state index >= 15 is 0 Å². The van der Waals surface area contributed by atoms with Crippen molar-refractivity contribution in [2.45, 2.75) is 13.3 Å². The number of nitrogens with zero attached hydrogens (tertiary/aromatic N) is 1. The van der Waals surface area contributed by atoms with Crippen LogP contribution >= 0.6 is 27.3 Å². The molecule has 0 saturated carbocycles. The molecule has 4 nitrogen and oxygen atoms in total. The summed E-state index contributed by atoms with van der Waals surface area (Å²) < 4.78 is 0.560. The first-order valence-corrected chi connectivity index (χ1v) is 6.85. The van der Waals surface area contributed by atoms with Gasteiger partial charge in [0.2, 0.25) is 0 Å². The summed E-state index contributed by atoms with van der Waals surface area (Å²) in [6.45, 7) is 1.87. The topological polar surface area (TPSA) is 70.4 Å². The molecule has 0 radical (unpaired) electrons. The molecule has 0 aliphatic carbocycles. The molecule has 1 aromatic heterocycles. The van der Waals surface area contributed by atoms with Crippen LogP contribution in [0.25, 0.3) is 10.6 Å². The molecule has 0 fully saturated rings. The van der Waals surface area contributed by atoms with Crippen LogP contribution in [0.15, 0.2) is 22.7 Å². The number of halogens is 1. The molecule has 1 aromatic carbocycles. The van der Waals surface area contributed by atoms with E-state index in [1.807, 2.05) is 6.92 Å². The van der Waals surface area contributed by atoms with Crippen molar-refractivity contribution in [3.05, 3.63) is 33.2 Å². The van der Waals surface area contributed by atoms with E-state index in [1.165, 1.54) is 0 Å². The third-order valence-corrected chi connectivity index (χ3v) is 4.19. The fourth-order valence-electron chi connectivity index (χ4n) is 1.52. The van der Waals surface area contributed by atoms with Gasteiger partial charge in [0.15, 0.2) is 0 Å². The third kappa shape index (κ3) is 2.39. The molecule has 2 aromatic rings. The number of benzene rings is 1. The molecule has 2 N–H and O–H groups in total. The van der Waals surface area contributed by atoms with Gasteiger partial charge in [-0.3, -0.25) is 0 Å². The molecule has 6 heteroatoms. The third-order valence-electron chi connectivity index (χ3n) is 2.42. The minimum Gasteiger partial charge on any atom is -0.507 e. The number of aromatic nitrogens is 1. The summed E-state index contributed by atoms with van der Waals surface area (Å²) in [5.74, 6) is -0.807. The molecule has 0 saturated heterocycles. The summed E-state index contributed by atoms with van der Waals surface area (Å²) in [5, 5.41) is 19.1. The average Bonchev–Trinajstić information content (AvgIpc) is 2.77. The average molecular weight is 328 g/mol. The number of aromatic carboxylic acids is 1. The maximum atomic E-state index is 11.1. The number of rotatable bonds is 3. The Labute approximate surface area is 116 Å². The van der Waals surface area contributed by atoms with E-state index in [0.29, 0.717) is 21.6 Å². The Bertz CT molecular complexity index is 609. The van der Waals surface area contributed by atoms with Crippen LogP contribution in [0.5, 0.6) is 5.75 Å². The lowest BCUT2D eigenvalue weighted by Gasteiger charge is -1.99. The SMILES string of the molecule is CCc1nc(-c2ccc(O)c(Br)c2)sc1C(=O)O. The number of aryl methyl sites for hydroxylation is 1. The van der Waals surface area contributed by atoms with Crippen molar-refractivity contribution < 1.29 is 15.0 Å². The fraction of sp³-hybridized carbons (Fsp3) is 0.167. The number of hydrogen-bond donors (Lipinski definition) is 2. The lowest BCUT2D eigenvalue weighted by molar-refractivity contribution is 0.0701. The lowest BCUT2D eigenvalue weighted by atomic mass is 10.2. The van der Waals surface area contributed by atoms with Gasteiger partial charge in [0.1, 0.15) is 15.6 Å². The standard InChI is InChI=1S/C12H10BrNO3S/c1-2-8-10(12(16)17)18-11(14-8)6-3-4-9(15)7(13)5-6/h3-5,15H,2H2,1H3,(H,16,17). The van der Waals surface area contributed by atoms with Gasteiger partial charge in [-0.2, -0.15) is 0 Å². The lowest BCUT2D eigenvalue weighted by Crippen LogP contribution is -1.97. The van der Waals surface area contributed by atoms with Crippen molar-refractivity contribution in [1.82, 2.24) is 4.98 Å². The molecule has 2 rings (SSSR count). The van der Waals surface area contributed by atoms with Crippen molar-refractivity contribution in [3.8, 4) is 16.3 Å². The summed E-state index contributed by atoms with van der Waals surface area (Å²) in [6.07, 6.45) is 0.581. The number of hydrogen-bond acceptors (Lipinski definition) is 4. The summed E-state index contributed by atoms with van der Waals surface area (Å²) >= 11 is 4.37. The number of carbonyl (C=O) groups is 1. The highest BCUT2D eigenvalue weighted by Gasteiger charge is 2.17. The Hall–Kier alpha value is -1.40. The van der Waals surface area contributed by atoms with Gasteiger partial charge >= 0.3 is 5.97 Å². The van der Waals surface area contributed by atoms with Crippen LogP contribution in [0.1, 0.15) is 22.3 Å². The van der Waals surface area contributed by atoms with Crippen LogP contribution < -0.4 is 0 Å². The molecule has 18 heavy (non-hydrogen) atoms. The van der Waals surface area contributed by atoms with Crippen LogP contribution in [-0.4, -0.2) is 21.2 Å². The molecule has 94 valence electrons. The van der Waals surface area contributed by atoms with Crippen molar-refractivity contribution in [1.29, 1.82) is 0 Å². The Balaban J connectivity index is 2.50. The van der Waals surface area contributed by atoms with Crippen molar-refractivity contribution in [2.24, 2.45) is 0 Å². The maximum Gasteiger partial charge on any atom is 0.347 e. The number of aromatic hydroxyl groups is 1. The van der Waals surface area contributed by atoms with Gasteiger partial charge < -0.3 is 10.2 Å². The van der Waals surface area contributed by atoms with Gasteiger partial charge in [0.05, 0.1) is 10.2 Å². The van der Waals surface area contributed by atoms with Crippen molar-refractivity contribution in [3.63, 3.8) is 0 Å². The number of phenolic OH excluding ortho intramolecular Hbond substituents is 1. The van der Waals surface area contributed by atoms with E-state index < -0.39 is 5.97 Å². The molecule has 0 atom stereocenters. The molecular weight excluding hydrogens is 318 g/mol. The van der Waals surface area contributed by atoms with Crippen LogP contribution in [-0.2, 0) is 6.42 Å². The van der Waals surface area contributed by atoms with E-state index in [0.717, 1.165) is 16.9 Å². The smallest absolute Gasteiger partial charge is 0.347 e. The predicted octanol–water partition coefficient (Wildman–Crippen LogP) is 3.54. The minimum absolute atomic E-state index is 0.143. The molecule has 0 bridgehead atoms. The Morgan fingerprint density at radius 2 is 2.22 bits per heavy atom. The molecule has 1 heterocycles. The highest BCUT2D eigenvalue weighted by atomic mass is 79.9. The largest absolute Gasteiger partial charge is 0.507 e. The van der Waals surface area contributed by atoms with E-state index in [9.17, 15) is 9.90 Å². The molecule has 0 spiro atoms. The summed E-state index contributed by atoms with van der Waals surface area (Å²) in [4.78, 5) is 15.7. The van der Waals surface area contributed by atoms with Crippen molar-refractivity contribution in [2.75, 3.05) is 0 Å². The fourth-order valence-corrected chi connectivity index (χ4v) is 2.89. The monoisotopic (exact) mass is 327 g/mol. The van der Waals surface area contributed by atoms with Gasteiger partial charge in [-0.05, 0) is 40.5 Å². The van der Waals surface area contributed by atoms with Gasteiger partial charge in [0.25, 0.3) is 0 Å². The van der Waals surface area contributed by atoms with E-state index in [1.54, 1.807) is 18.2 Å². The first-order chi connectivity index (χ1) is 8.52. The Morgan fingerprint density at radius 1 is 1.50 bits per heavy atom. The Morgan fingerprint density at radius 3 is 2.72 bits per heavy atom. The normalized spacial score (nSPS) is 10.6. The van der Waals surface area contributed by atoms with Crippen LogP contribution in [0.4, 0.5) is 0 Å². The van der Waals surface area contributed by atoms with E-state index in [-0.39, 0.29) is 10.6 Å². The van der Waals surface area contributed by atoms with Crippen molar-refractivity contribution >= 4 is 33.2 Å². The second kappa shape index (κ2) is 5.07. The zero-order valence-electron chi connectivity index (χ0n) is 9.48. The Kier molecular flexibility index (Phi) is 3.68. The first-order valence-electron chi connectivity index (χ1n) is 5.24. The zero-order valence-corrected chi connectivity index (χ0v) is 11.9. The van der Waals surface area contributed by atoms with Gasteiger partial charge in [-0.1, -0.05) is 6.92 Å². The zero-order chi connectivity index (χ0) is 13.3. The predicted molar refractivity (Wildman–Crippen MR) is 73.3 cm³/mol. The first kappa shape index (κ1) is 13.0. The molecule has 0 amide bonds. The molecular formula is C12H10BrNO3S. The number of carboxylic acid groups (broad SMARTS) is 1. The van der Waals surface area contributed by atoms with Gasteiger partial charge in [-0.25, -0.2) is 9.78 Å². The maximum absolute atomic E-state index is 11.1. The van der Waals surface area contributed by atoms with Crippen LogP contribution in [0.3, 0.4) is 0 Å². The molecule has 0 unspecified atom stereocenters. The minimum atomic E-state index is -0.951. The van der Waals surface area contributed by atoms with E-state index in [2.05, 4.69) is 20.9 Å². The number of thiazole rings is 1. The molecule has 0 aliphatic rings. The second-order valence-electron chi connectivity index (χ2n) is 3.62. The van der Waals surface area contributed by atoms with Gasteiger partial charge in [-0.15, -0.1) is 11.3 Å². The quantitative estimate of drug-likeness (QED) is 0.904. The number of phenols is 1. The van der Waals surface area contributed by atoms with E-state index in [4.69, 9.17) is 5.11 Å². The second-order valence-corrected chi connectivity index (χ2v) is 5.47. The highest BCUT2D eigenvalue weighted by Crippen LogP contribution is 2.33. The van der Waals surface area contributed by atoms with Crippen LogP contribution in [0, 0.1) is 0 Å². The molecule has 0 aliphatic heterocycles. The van der Waals surface area contributed by atoms with Gasteiger partial charge in [0, 0.05) is 5.56 Å². The summed E-state index contributed by atoms with van der Waals surface area (Å²) in [6, 6.07) is 4.98. The van der Waals surface area contributed by atoms with Crippen LogP contribution in [0.2, 0.25) is 0 Å². The summed E-state index contributed by atoms with van der Waals surface area (Å²) in [7, 11) is 0. The highest BCUT2D eigenvalue weighted by molar-refractivity contribution is 9.10. The summed E-state index contributed by atoms with van der Waals surface area (Å²) in [5.41, 5.74) is 1.37. The number of carboxylic acids is 1.